The quantitative estimate of drug-likeness (QED) is 0.722. The molecule has 0 spiro atoms. The van der Waals surface area contributed by atoms with Gasteiger partial charge in [-0.2, -0.15) is 0 Å². The van der Waals surface area contributed by atoms with Crippen molar-refractivity contribution in [3.63, 3.8) is 0 Å². The molecular formula is C18H21ClN2O4. The lowest BCUT2D eigenvalue weighted by Crippen LogP contribution is -2.06. The van der Waals surface area contributed by atoms with Gasteiger partial charge in [0.05, 0.1) is 12.1 Å². The number of aromatic carboxylic acids is 1. The van der Waals surface area contributed by atoms with Gasteiger partial charge in [0, 0.05) is 13.3 Å². The smallest absolute Gasteiger partial charge is 0.335 e. The molecule has 0 saturated heterocycles. The molecule has 1 N–H and O–H groups in total. The SMILES string of the molecule is CCCCc1nc(COC(C)=O)c(Cl)n1Cc1ccc(C(=O)O)cc1. The molecule has 0 fully saturated rings. The minimum atomic E-state index is -0.959. The molecule has 0 saturated carbocycles. The van der Waals surface area contributed by atoms with Crippen molar-refractivity contribution in [3.05, 3.63) is 52.1 Å². The van der Waals surface area contributed by atoms with Crippen LogP contribution in [0.25, 0.3) is 0 Å². The number of esters is 1. The van der Waals surface area contributed by atoms with Crippen molar-refractivity contribution in [1.82, 2.24) is 9.55 Å². The lowest BCUT2D eigenvalue weighted by Gasteiger charge is -2.09. The minimum Gasteiger partial charge on any atom is -0.478 e. The number of unbranched alkanes of at least 4 members (excludes halogenated alkanes) is 1. The molecule has 0 unspecified atom stereocenters. The monoisotopic (exact) mass is 364 g/mol. The first-order valence-corrected chi connectivity index (χ1v) is 8.49. The van der Waals surface area contributed by atoms with E-state index in [2.05, 4.69) is 11.9 Å². The van der Waals surface area contributed by atoms with E-state index in [-0.39, 0.29) is 18.1 Å². The summed E-state index contributed by atoms with van der Waals surface area (Å²) >= 11 is 6.44. The van der Waals surface area contributed by atoms with Crippen LogP contribution in [0, 0.1) is 0 Å². The van der Waals surface area contributed by atoms with Gasteiger partial charge < -0.3 is 14.4 Å². The van der Waals surface area contributed by atoms with Gasteiger partial charge in [0.2, 0.25) is 0 Å². The Morgan fingerprint density at radius 1 is 1.28 bits per heavy atom. The van der Waals surface area contributed by atoms with Crippen molar-refractivity contribution in [2.45, 2.75) is 46.3 Å². The summed E-state index contributed by atoms with van der Waals surface area (Å²) in [6.45, 7) is 3.95. The molecule has 134 valence electrons. The highest BCUT2D eigenvalue weighted by Crippen LogP contribution is 2.22. The molecule has 1 aromatic heterocycles. The molecule has 25 heavy (non-hydrogen) atoms. The number of nitrogens with zero attached hydrogens (tertiary/aromatic N) is 2. The Hall–Kier alpha value is -2.34. The number of carboxylic acids is 1. The predicted molar refractivity (Wildman–Crippen MR) is 93.8 cm³/mol. The third-order valence-corrected chi connectivity index (χ3v) is 4.18. The van der Waals surface area contributed by atoms with Gasteiger partial charge in [-0.05, 0) is 24.1 Å². The Labute approximate surface area is 151 Å². The number of hydrogen-bond acceptors (Lipinski definition) is 4. The van der Waals surface area contributed by atoms with E-state index in [0.717, 1.165) is 30.7 Å². The van der Waals surface area contributed by atoms with E-state index in [1.54, 1.807) is 24.3 Å². The Kier molecular flexibility index (Phi) is 6.58. The summed E-state index contributed by atoms with van der Waals surface area (Å²) < 4.78 is 6.89. The number of carboxylic acid groups (broad SMARTS) is 1. The molecule has 2 rings (SSSR count). The van der Waals surface area contributed by atoms with Crippen LogP contribution in [-0.4, -0.2) is 26.6 Å². The standard InChI is InChI=1S/C18H21ClN2O4/c1-3-4-5-16-20-15(11-25-12(2)22)17(19)21(16)10-13-6-8-14(9-7-13)18(23)24/h6-9H,3-5,10-11H2,1-2H3,(H,23,24). The van der Waals surface area contributed by atoms with Crippen LogP contribution < -0.4 is 0 Å². The van der Waals surface area contributed by atoms with Gasteiger partial charge >= 0.3 is 11.9 Å². The van der Waals surface area contributed by atoms with Gasteiger partial charge in [0.1, 0.15) is 23.3 Å². The van der Waals surface area contributed by atoms with Gasteiger partial charge in [0.25, 0.3) is 0 Å². The largest absolute Gasteiger partial charge is 0.478 e. The fourth-order valence-electron chi connectivity index (χ4n) is 2.41. The van der Waals surface area contributed by atoms with Gasteiger partial charge in [-0.1, -0.05) is 37.1 Å². The van der Waals surface area contributed by atoms with Crippen LogP contribution in [0.1, 0.15) is 54.1 Å². The molecule has 0 radical (unpaired) electrons. The maximum Gasteiger partial charge on any atom is 0.335 e. The van der Waals surface area contributed by atoms with E-state index in [0.29, 0.717) is 17.4 Å². The first-order valence-electron chi connectivity index (χ1n) is 8.11. The normalized spacial score (nSPS) is 10.7. The van der Waals surface area contributed by atoms with Crippen LogP contribution in [0.2, 0.25) is 5.15 Å². The second-order valence-electron chi connectivity index (χ2n) is 5.74. The number of benzene rings is 1. The summed E-state index contributed by atoms with van der Waals surface area (Å²) in [6.07, 6.45) is 2.76. The zero-order valence-electron chi connectivity index (χ0n) is 14.3. The Bertz CT molecular complexity index is 753. The number of hydrogen-bond donors (Lipinski definition) is 1. The first kappa shape index (κ1) is 19.0. The van der Waals surface area contributed by atoms with E-state index in [1.807, 2.05) is 4.57 Å². The van der Waals surface area contributed by atoms with Crippen molar-refractivity contribution in [2.75, 3.05) is 0 Å². The Morgan fingerprint density at radius 3 is 2.52 bits per heavy atom. The number of aryl methyl sites for hydroxylation is 1. The maximum atomic E-state index is 11.0. The van der Waals surface area contributed by atoms with Gasteiger partial charge in [0.15, 0.2) is 0 Å². The molecule has 0 aliphatic carbocycles. The number of imidazole rings is 1. The lowest BCUT2D eigenvalue weighted by molar-refractivity contribution is -0.142. The number of halogens is 1. The molecule has 0 aliphatic rings. The number of rotatable bonds is 8. The van der Waals surface area contributed by atoms with E-state index >= 15 is 0 Å². The highest BCUT2D eigenvalue weighted by molar-refractivity contribution is 6.30. The molecule has 2 aromatic rings. The summed E-state index contributed by atoms with van der Waals surface area (Å²) in [5.41, 5.74) is 1.69. The molecule has 0 amide bonds. The van der Waals surface area contributed by atoms with Crippen molar-refractivity contribution in [3.8, 4) is 0 Å². The fraction of sp³-hybridized carbons (Fsp3) is 0.389. The first-order chi connectivity index (χ1) is 11.9. The molecule has 6 nitrogen and oxygen atoms in total. The van der Waals surface area contributed by atoms with Crippen LogP contribution in [0.3, 0.4) is 0 Å². The second kappa shape index (κ2) is 8.67. The van der Waals surface area contributed by atoms with Crippen molar-refractivity contribution in [2.24, 2.45) is 0 Å². The number of carbonyl (C=O) groups is 2. The van der Waals surface area contributed by atoms with Crippen LogP contribution in [0.5, 0.6) is 0 Å². The lowest BCUT2D eigenvalue weighted by atomic mass is 10.1. The highest BCUT2D eigenvalue weighted by atomic mass is 35.5. The maximum absolute atomic E-state index is 11.0. The average molecular weight is 365 g/mol. The third kappa shape index (κ3) is 5.06. The summed E-state index contributed by atoms with van der Waals surface area (Å²) in [7, 11) is 0. The number of carbonyl (C=O) groups excluding carboxylic acids is 1. The Morgan fingerprint density at radius 2 is 1.96 bits per heavy atom. The van der Waals surface area contributed by atoms with E-state index < -0.39 is 5.97 Å². The van der Waals surface area contributed by atoms with Crippen LogP contribution in [-0.2, 0) is 29.1 Å². The zero-order valence-corrected chi connectivity index (χ0v) is 15.0. The molecule has 7 heteroatoms. The average Bonchev–Trinajstić information content (AvgIpc) is 2.87. The van der Waals surface area contributed by atoms with Crippen LogP contribution in [0.15, 0.2) is 24.3 Å². The topological polar surface area (TPSA) is 81.4 Å². The molecule has 0 bridgehead atoms. The van der Waals surface area contributed by atoms with E-state index in [4.69, 9.17) is 21.4 Å². The zero-order chi connectivity index (χ0) is 18.4. The second-order valence-corrected chi connectivity index (χ2v) is 6.10. The molecule has 0 atom stereocenters. The highest BCUT2D eigenvalue weighted by Gasteiger charge is 2.16. The van der Waals surface area contributed by atoms with Crippen molar-refractivity contribution < 1.29 is 19.4 Å². The van der Waals surface area contributed by atoms with Crippen LogP contribution >= 0.6 is 11.6 Å². The predicted octanol–water partition coefficient (Wildman–Crippen LogP) is 3.69. The Balaban J connectivity index is 2.26. The summed E-state index contributed by atoms with van der Waals surface area (Å²) in [5.74, 6) is -0.513. The van der Waals surface area contributed by atoms with E-state index in [1.165, 1.54) is 6.92 Å². The number of aromatic nitrogens is 2. The van der Waals surface area contributed by atoms with Crippen LogP contribution in [0.4, 0.5) is 0 Å². The molecule has 1 heterocycles. The summed E-state index contributed by atoms with van der Waals surface area (Å²) in [4.78, 5) is 26.5. The van der Waals surface area contributed by atoms with Gasteiger partial charge in [-0.3, -0.25) is 4.79 Å². The minimum absolute atomic E-state index is 0.0399. The number of ether oxygens (including phenoxy) is 1. The summed E-state index contributed by atoms with van der Waals surface area (Å²) in [5, 5.41) is 9.42. The molecule has 1 aromatic carbocycles. The fourth-order valence-corrected chi connectivity index (χ4v) is 2.67. The summed E-state index contributed by atoms with van der Waals surface area (Å²) in [6, 6.07) is 6.65. The van der Waals surface area contributed by atoms with Crippen molar-refractivity contribution in [1.29, 1.82) is 0 Å². The third-order valence-electron chi connectivity index (χ3n) is 3.76. The molecule has 0 aliphatic heterocycles. The van der Waals surface area contributed by atoms with Gasteiger partial charge in [-0.15, -0.1) is 0 Å². The van der Waals surface area contributed by atoms with E-state index in [9.17, 15) is 9.59 Å². The van der Waals surface area contributed by atoms with Crippen molar-refractivity contribution >= 4 is 23.5 Å². The molecular weight excluding hydrogens is 344 g/mol. The van der Waals surface area contributed by atoms with Gasteiger partial charge in [-0.25, -0.2) is 9.78 Å².